The van der Waals surface area contributed by atoms with Crippen molar-refractivity contribution >= 4 is 11.6 Å². The van der Waals surface area contributed by atoms with Crippen LogP contribution in [0.4, 0.5) is 10.1 Å². The van der Waals surface area contributed by atoms with Crippen molar-refractivity contribution in [3.8, 4) is 11.6 Å². The van der Waals surface area contributed by atoms with E-state index in [0.717, 1.165) is 12.8 Å². The number of aryl methyl sites for hydroxylation is 1. The van der Waals surface area contributed by atoms with E-state index in [1.165, 1.54) is 12.1 Å². The number of carbonyl (C=O) groups excluding carboxylic acids is 1. The van der Waals surface area contributed by atoms with Gasteiger partial charge in [0.1, 0.15) is 18.1 Å². The molecule has 7 heteroatoms. The number of aromatic nitrogens is 3. The molecule has 1 saturated carbocycles. The second-order valence-corrected chi connectivity index (χ2v) is 6.25. The number of amides is 1. The number of nitrogens with one attached hydrogen (secondary N) is 1. The summed E-state index contributed by atoms with van der Waals surface area (Å²) < 4.78 is 20.6. The fourth-order valence-electron chi connectivity index (χ4n) is 2.69. The molecule has 1 N–H and O–H groups in total. The summed E-state index contributed by atoms with van der Waals surface area (Å²) in [5, 5.41) is 11.0. The van der Waals surface area contributed by atoms with Crippen LogP contribution in [-0.2, 0) is 11.3 Å². The first-order valence-corrected chi connectivity index (χ1v) is 8.15. The Balaban J connectivity index is 1.49. The molecule has 4 rings (SSSR count). The van der Waals surface area contributed by atoms with E-state index in [4.69, 9.17) is 4.42 Å². The van der Waals surface area contributed by atoms with Crippen molar-refractivity contribution in [3.63, 3.8) is 0 Å². The SMILES string of the molecule is Cc1cc(F)ccc1NC(=O)Cn1cccc1-c1nnc(C2CC2)o1. The topological polar surface area (TPSA) is 73.0 Å². The quantitative estimate of drug-likeness (QED) is 0.771. The lowest BCUT2D eigenvalue weighted by molar-refractivity contribution is -0.116. The Kier molecular flexibility index (Phi) is 3.83. The average Bonchev–Trinajstić information content (AvgIpc) is 3.13. The van der Waals surface area contributed by atoms with Gasteiger partial charge in [-0.1, -0.05) is 0 Å². The molecule has 1 aromatic carbocycles. The van der Waals surface area contributed by atoms with Gasteiger partial charge in [0.15, 0.2) is 0 Å². The molecular formula is C18H17FN4O2. The molecule has 3 aromatic rings. The molecule has 1 fully saturated rings. The van der Waals surface area contributed by atoms with Gasteiger partial charge >= 0.3 is 0 Å². The Labute approximate surface area is 143 Å². The molecule has 1 aliphatic rings. The zero-order chi connectivity index (χ0) is 17.4. The van der Waals surface area contributed by atoms with Crippen LogP contribution in [0.25, 0.3) is 11.6 Å². The van der Waals surface area contributed by atoms with Crippen molar-refractivity contribution in [3.05, 3.63) is 53.8 Å². The number of carbonyl (C=O) groups is 1. The number of rotatable bonds is 5. The fraction of sp³-hybridized carbons (Fsp3) is 0.278. The van der Waals surface area contributed by atoms with Crippen molar-refractivity contribution < 1.29 is 13.6 Å². The van der Waals surface area contributed by atoms with Gasteiger partial charge in [-0.2, -0.15) is 0 Å². The highest BCUT2D eigenvalue weighted by Crippen LogP contribution is 2.39. The molecule has 1 aliphatic carbocycles. The molecule has 0 unspecified atom stereocenters. The zero-order valence-corrected chi connectivity index (χ0v) is 13.7. The lowest BCUT2D eigenvalue weighted by Gasteiger charge is -2.10. The maximum absolute atomic E-state index is 13.2. The van der Waals surface area contributed by atoms with Gasteiger partial charge in [0.2, 0.25) is 11.8 Å². The highest BCUT2D eigenvalue weighted by molar-refractivity contribution is 5.91. The summed E-state index contributed by atoms with van der Waals surface area (Å²) >= 11 is 0. The van der Waals surface area contributed by atoms with Crippen molar-refractivity contribution in [1.29, 1.82) is 0 Å². The van der Waals surface area contributed by atoms with Crippen molar-refractivity contribution in [2.24, 2.45) is 0 Å². The number of hydrogen-bond acceptors (Lipinski definition) is 4. The van der Waals surface area contributed by atoms with Crippen molar-refractivity contribution in [2.75, 3.05) is 5.32 Å². The summed E-state index contributed by atoms with van der Waals surface area (Å²) in [4.78, 5) is 12.3. The van der Waals surface area contributed by atoms with Crippen LogP contribution in [0.15, 0.2) is 40.9 Å². The first kappa shape index (κ1) is 15.6. The maximum Gasteiger partial charge on any atom is 0.264 e. The van der Waals surface area contributed by atoms with E-state index in [2.05, 4.69) is 15.5 Å². The van der Waals surface area contributed by atoms with Crippen LogP contribution in [0.2, 0.25) is 0 Å². The molecule has 0 saturated heterocycles. The summed E-state index contributed by atoms with van der Waals surface area (Å²) in [5.41, 5.74) is 1.96. The summed E-state index contributed by atoms with van der Waals surface area (Å²) in [5.74, 6) is 0.918. The minimum atomic E-state index is -0.328. The average molecular weight is 340 g/mol. The number of benzene rings is 1. The lowest BCUT2D eigenvalue weighted by Crippen LogP contribution is -2.19. The molecule has 128 valence electrons. The normalized spacial score (nSPS) is 13.8. The highest BCUT2D eigenvalue weighted by Gasteiger charge is 2.30. The van der Waals surface area contributed by atoms with Gasteiger partial charge in [0.05, 0.1) is 0 Å². The second-order valence-electron chi connectivity index (χ2n) is 6.25. The summed E-state index contributed by atoms with van der Waals surface area (Å²) in [6.07, 6.45) is 3.96. The molecule has 2 aromatic heterocycles. The fourth-order valence-corrected chi connectivity index (χ4v) is 2.69. The highest BCUT2D eigenvalue weighted by atomic mass is 19.1. The van der Waals surface area contributed by atoms with E-state index in [-0.39, 0.29) is 18.3 Å². The van der Waals surface area contributed by atoms with Crippen LogP contribution < -0.4 is 5.32 Å². The van der Waals surface area contributed by atoms with Crippen molar-refractivity contribution in [2.45, 2.75) is 32.2 Å². The number of nitrogens with zero attached hydrogens (tertiary/aromatic N) is 3. The Morgan fingerprint density at radius 2 is 2.20 bits per heavy atom. The first-order valence-electron chi connectivity index (χ1n) is 8.15. The molecule has 0 spiro atoms. The van der Waals surface area contributed by atoms with E-state index in [1.54, 1.807) is 23.8 Å². The summed E-state index contributed by atoms with van der Waals surface area (Å²) in [7, 11) is 0. The third-order valence-corrected chi connectivity index (χ3v) is 4.19. The molecule has 0 bridgehead atoms. The van der Waals surface area contributed by atoms with E-state index >= 15 is 0 Å². The Bertz CT molecular complexity index is 927. The lowest BCUT2D eigenvalue weighted by atomic mass is 10.2. The molecular weight excluding hydrogens is 323 g/mol. The van der Waals surface area contributed by atoms with E-state index < -0.39 is 0 Å². The minimum absolute atomic E-state index is 0.0975. The van der Waals surface area contributed by atoms with Crippen LogP contribution in [0, 0.1) is 12.7 Å². The van der Waals surface area contributed by atoms with Crippen molar-refractivity contribution in [1.82, 2.24) is 14.8 Å². The van der Waals surface area contributed by atoms with E-state index in [9.17, 15) is 9.18 Å². The van der Waals surface area contributed by atoms with Gasteiger partial charge < -0.3 is 14.3 Å². The van der Waals surface area contributed by atoms with Crippen LogP contribution in [-0.4, -0.2) is 20.7 Å². The van der Waals surface area contributed by atoms with Gasteiger partial charge in [-0.15, -0.1) is 10.2 Å². The van der Waals surface area contributed by atoms with Gasteiger partial charge in [-0.05, 0) is 55.7 Å². The predicted octanol–water partition coefficient (Wildman–Crippen LogP) is 3.50. The smallest absolute Gasteiger partial charge is 0.264 e. The largest absolute Gasteiger partial charge is 0.419 e. The molecule has 0 aliphatic heterocycles. The molecule has 0 radical (unpaired) electrons. The van der Waals surface area contributed by atoms with E-state index in [1.807, 2.05) is 12.1 Å². The summed E-state index contributed by atoms with van der Waals surface area (Å²) in [6.45, 7) is 1.85. The third-order valence-electron chi connectivity index (χ3n) is 4.19. The molecule has 25 heavy (non-hydrogen) atoms. The zero-order valence-electron chi connectivity index (χ0n) is 13.7. The minimum Gasteiger partial charge on any atom is -0.419 e. The number of hydrogen-bond donors (Lipinski definition) is 1. The number of halogens is 1. The van der Waals surface area contributed by atoms with Gasteiger partial charge in [-0.25, -0.2) is 4.39 Å². The van der Waals surface area contributed by atoms with Crippen LogP contribution >= 0.6 is 0 Å². The van der Waals surface area contributed by atoms with Crippen LogP contribution in [0.5, 0.6) is 0 Å². The summed E-state index contributed by atoms with van der Waals surface area (Å²) in [6, 6.07) is 7.92. The molecule has 1 amide bonds. The molecule has 6 nitrogen and oxygen atoms in total. The Hall–Kier alpha value is -2.96. The predicted molar refractivity (Wildman–Crippen MR) is 89.5 cm³/mol. The van der Waals surface area contributed by atoms with E-state index in [0.29, 0.717) is 34.6 Å². The van der Waals surface area contributed by atoms with Crippen LogP contribution in [0.1, 0.15) is 30.2 Å². The molecule has 0 atom stereocenters. The third kappa shape index (κ3) is 3.31. The van der Waals surface area contributed by atoms with Gasteiger partial charge in [-0.3, -0.25) is 4.79 Å². The first-order chi connectivity index (χ1) is 12.1. The molecule has 2 heterocycles. The number of anilines is 1. The van der Waals surface area contributed by atoms with Gasteiger partial charge in [0.25, 0.3) is 5.89 Å². The monoisotopic (exact) mass is 340 g/mol. The second kappa shape index (κ2) is 6.16. The standard InChI is InChI=1S/C18H17FN4O2/c1-11-9-13(19)6-7-14(11)20-16(24)10-23-8-2-3-15(23)18-22-21-17(25-18)12-4-5-12/h2-3,6-9,12H,4-5,10H2,1H3,(H,20,24). The van der Waals surface area contributed by atoms with Gasteiger partial charge in [0, 0.05) is 17.8 Å². The Morgan fingerprint density at radius 1 is 1.36 bits per heavy atom. The van der Waals surface area contributed by atoms with Crippen LogP contribution in [0.3, 0.4) is 0 Å². The Morgan fingerprint density at radius 3 is 2.96 bits per heavy atom. The maximum atomic E-state index is 13.2.